The second-order valence-corrected chi connectivity index (χ2v) is 13.5. The molecule has 2 amide bonds. The fourth-order valence-electron chi connectivity index (χ4n) is 6.77. The number of fused-ring (bicyclic) bond motifs is 1. The molecule has 1 aliphatic heterocycles. The first-order valence-corrected chi connectivity index (χ1v) is 17.7. The lowest BCUT2D eigenvalue weighted by Gasteiger charge is -2.43. The number of carbonyl (C=O) groups is 2. The molecule has 270 valence electrons. The highest BCUT2D eigenvalue weighted by Crippen LogP contribution is 2.42. The van der Waals surface area contributed by atoms with Gasteiger partial charge in [-0.25, -0.2) is 9.59 Å². The molecule has 9 nitrogen and oxygen atoms in total. The molecule has 0 aliphatic carbocycles. The van der Waals surface area contributed by atoms with E-state index in [2.05, 4.69) is 78.9 Å². The van der Waals surface area contributed by atoms with Crippen molar-refractivity contribution >= 4 is 28.5 Å². The maximum Gasteiger partial charge on any atom is 0.328 e. The zero-order valence-electron chi connectivity index (χ0n) is 30.1. The van der Waals surface area contributed by atoms with Crippen LogP contribution in [0, 0.1) is 5.92 Å². The van der Waals surface area contributed by atoms with Crippen molar-refractivity contribution in [2.24, 2.45) is 5.92 Å². The van der Waals surface area contributed by atoms with Crippen LogP contribution in [0.1, 0.15) is 60.1 Å². The molecule has 6 unspecified atom stereocenters. The van der Waals surface area contributed by atoms with Crippen molar-refractivity contribution in [3.8, 4) is 0 Å². The van der Waals surface area contributed by atoms with Crippen molar-refractivity contribution in [1.29, 1.82) is 0 Å². The van der Waals surface area contributed by atoms with Gasteiger partial charge in [-0.3, -0.25) is 4.90 Å². The number of likely N-dealkylation sites (N-methyl/N-ethyl adjacent to an activating group) is 1. The predicted octanol–water partition coefficient (Wildman–Crippen LogP) is 7.72. The number of aliphatic hydroxyl groups excluding tert-OH is 1. The quantitative estimate of drug-likeness (QED) is 0.114. The third-order valence-corrected chi connectivity index (χ3v) is 10.00. The number of nitrogens with one attached hydrogen (secondary N) is 2. The second-order valence-electron chi connectivity index (χ2n) is 13.5. The van der Waals surface area contributed by atoms with Gasteiger partial charge in [-0.2, -0.15) is 0 Å². The van der Waals surface area contributed by atoms with E-state index in [-0.39, 0.29) is 30.8 Å². The van der Waals surface area contributed by atoms with Gasteiger partial charge in [0.15, 0.2) is 6.29 Å². The number of hydrogen-bond donors (Lipinski definition) is 3. The summed E-state index contributed by atoms with van der Waals surface area (Å²) < 4.78 is 18.4. The average Bonchev–Trinajstić information content (AvgIpc) is 3.18. The standard InChI is InChI=1S/C43H47N3O6/c1-28-39(26-46(3)29(2)34-22-21-32-13-8-9-14-35(32)24-34)51-42(52-40(28)33-19-17-31(27-47)18-20-33)36-15-10-16-37(25-36)44-43(49)45-38(41(48)50-4)23-30-11-6-5-7-12-30/h5-22,24-25,28-29,38-40,42,47H,23,26-27H2,1-4H3,(H2,44,45,49). The van der Waals surface area contributed by atoms with Crippen LogP contribution in [0.5, 0.6) is 0 Å². The first-order chi connectivity index (χ1) is 25.2. The van der Waals surface area contributed by atoms with Crippen LogP contribution in [-0.2, 0) is 32.0 Å². The summed E-state index contributed by atoms with van der Waals surface area (Å²) in [7, 11) is 3.42. The number of hydrogen-bond acceptors (Lipinski definition) is 7. The van der Waals surface area contributed by atoms with Crippen LogP contribution in [0.2, 0.25) is 0 Å². The molecule has 0 aromatic heterocycles. The Morgan fingerprint density at radius 2 is 1.56 bits per heavy atom. The van der Waals surface area contributed by atoms with E-state index in [0.29, 0.717) is 18.7 Å². The van der Waals surface area contributed by atoms with E-state index in [9.17, 15) is 14.7 Å². The van der Waals surface area contributed by atoms with E-state index in [1.54, 1.807) is 6.07 Å². The summed E-state index contributed by atoms with van der Waals surface area (Å²) in [5.74, 6) is -0.538. The van der Waals surface area contributed by atoms with E-state index >= 15 is 0 Å². The largest absolute Gasteiger partial charge is 0.467 e. The zero-order valence-corrected chi connectivity index (χ0v) is 30.1. The number of methoxy groups -OCH3 is 1. The summed E-state index contributed by atoms with van der Waals surface area (Å²) in [5, 5.41) is 17.7. The van der Waals surface area contributed by atoms with E-state index in [1.165, 1.54) is 23.4 Å². The number of ether oxygens (including phenoxy) is 3. The molecule has 0 radical (unpaired) electrons. The Morgan fingerprint density at radius 3 is 2.29 bits per heavy atom. The Hall–Kier alpha value is -5.06. The van der Waals surface area contributed by atoms with Crippen molar-refractivity contribution in [1.82, 2.24) is 10.2 Å². The highest BCUT2D eigenvalue weighted by atomic mass is 16.7. The molecule has 3 N–H and O–H groups in total. The fraction of sp³-hybridized carbons (Fsp3) is 0.302. The number of esters is 1. The number of urea groups is 1. The molecule has 52 heavy (non-hydrogen) atoms. The number of carbonyl (C=O) groups excluding carboxylic acids is 2. The molecule has 0 spiro atoms. The minimum Gasteiger partial charge on any atom is -0.467 e. The minimum atomic E-state index is -0.866. The number of amides is 2. The van der Waals surface area contributed by atoms with Gasteiger partial charge in [0, 0.05) is 36.2 Å². The molecule has 1 heterocycles. The van der Waals surface area contributed by atoms with Gasteiger partial charge in [-0.15, -0.1) is 0 Å². The third-order valence-electron chi connectivity index (χ3n) is 10.00. The lowest BCUT2D eigenvalue weighted by Crippen LogP contribution is -2.45. The summed E-state index contributed by atoms with van der Waals surface area (Å²) in [6.07, 6.45) is -0.926. The van der Waals surface area contributed by atoms with Crippen molar-refractivity contribution in [2.75, 3.05) is 26.0 Å². The molecule has 9 heteroatoms. The van der Waals surface area contributed by atoms with Crippen molar-refractivity contribution in [3.63, 3.8) is 0 Å². The topological polar surface area (TPSA) is 109 Å². The molecule has 0 bridgehead atoms. The maximum atomic E-state index is 13.2. The summed E-state index contributed by atoms with van der Waals surface area (Å²) in [6, 6.07) is 38.4. The van der Waals surface area contributed by atoms with Gasteiger partial charge < -0.3 is 30.0 Å². The fourth-order valence-corrected chi connectivity index (χ4v) is 6.77. The number of anilines is 1. The third kappa shape index (κ3) is 8.86. The predicted molar refractivity (Wildman–Crippen MR) is 203 cm³/mol. The van der Waals surface area contributed by atoms with Crippen LogP contribution in [0.4, 0.5) is 10.5 Å². The highest BCUT2D eigenvalue weighted by molar-refractivity contribution is 5.92. The Labute approximate surface area is 305 Å². The van der Waals surface area contributed by atoms with Crippen LogP contribution in [0.3, 0.4) is 0 Å². The molecule has 5 aromatic carbocycles. The number of nitrogens with zero attached hydrogens (tertiary/aromatic N) is 1. The average molecular weight is 702 g/mol. The maximum absolute atomic E-state index is 13.2. The summed E-state index contributed by atoms with van der Waals surface area (Å²) in [5.41, 5.74) is 5.21. The van der Waals surface area contributed by atoms with Gasteiger partial charge >= 0.3 is 12.0 Å². The van der Waals surface area contributed by atoms with Crippen molar-refractivity contribution in [3.05, 3.63) is 149 Å². The first-order valence-electron chi connectivity index (χ1n) is 17.7. The molecule has 5 aromatic rings. The summed E-state index contributed by atoms with van der Waals surface area (Å²) >= 11 is 0. The van der Waals surface area contributed by atoms with Crippen LogP contribution in [0.25, 0.3) is 10.8 Å². The molecule has 1 saturated heterocycles. The summed E-state index contributed by atoms with van der Waals surface area (Å²) in [4.78, 5) is 28.0. The van der Waals surface area contributed by atoms with E-state index in [0.717, 1.165) is 22.3 Å². The lowest BCUT2D eigenvalue weighted by molar-refractivity contribution is -0.276. The van der Waals surface area contributed by atoms with Gasteiger partial charge in [-0.05, 0) is 65.2 Å². The molecular formula is C43H47N3O6. The number of benzene rings is 5. The minimum absolute atomic E-state index is 0.00515. The molecule has 6 rings (SSSR count). The Kier molecular flexibility index (Phi) is 12.0. The first kappa shape index (κ1) is 36.7. The molecular weight excluding hydrogens is 654 g/mol. The molecule has 1 aliphatic rings. The van der Waals surface area contributed by atoms with Crippen molar-refractivity contribution < 1.29 is 28.9 Å². The van der Waals surface area contributed by atoms with Gasteiger partial charge in [0.25, 0.3) is 0 Å². The molecule has 1 fully saturated rings. The normalized spacial score (nSPS) is 19.9. The van der Waals surface area contributed by atoms with Gasteiger partial charge in [0.1, 0.15) is 6.04 Å². The second kappa shape index (κ2) is 17.0. The zero-order chi connectivity index (χ0) is 36.6. The Morgan fingerprint density at radius 1 is 0.827 bits per heavy atom. The van der Waals surface area contributed by atoms with Crippen LogP contribution >= 0.6 is 0 Å². The van der Waals surface area contributed by atoms with Gasteiger partial charge in [0.2, 0.25) is 0 Å². The lowest BCUT2D eigenvalue weighted by atomic mass is 9.89. The smallest absolute Gasteiger partial charge is 0.328 e. The Bertz CT molecular complexity index is 1950. The SMILES string of the molecule is COC(=O)C(Cc1ccccc1)NC(=O)Nc1cccc(C2OC(CN(C)C(C)c3ccc4ccccc4c3)C(C)C(c3ccc(CO)cc3)O2)c1. The van der Waals surface area contributed by atoms with Crippen LogP contribution in [0.15, 0.2) is 121 Å². The van der Waals surface area contributed by atoms with E-state index in [1.807, 2.05) is 72.8 Å². The number of rotatable bonds is 12. The monoisotopic (exact) mass is 701 g/mol. The molecule has 6 atom stereocenters. The Balaban J connectivity index is 1.20. The van der Waals surface area contributed by atoms with Gasteiger partial charge in [-0.1, -0.05) is 110 Å². The van der Waals surface area contributed by atoms with Gasteiger partial charge in [0.05, 0.1) is 25.9 Å². The van der Waals surface area contributed by atoms with Crippen LogP contribution < -0.4 is 10.6 Å². The number of aliphatic hydroxyl groups is 1. The highest BCUT2D eigenvalue weighted by Gasteiger charge is 2.39. The van der Waals surface area contributed by atoms with Crippen LogP contribution in [-0.4, -0.2) is 54.9 Å². The van der Waals surface area contributed by atoms with E-state index < -0.39 is 24.3 Å². The molecule has 0 saturated carbocycles. The van der Waals surface area contributed by atoms with Crippen molar-refractivity contribution in [2.45, 2.75) is 57.5 Å². The van der Waals surface area contributed by atoms with E-state index in [4.69, 9.17) is 14.2 Å². The summed E-state index contributed by atoms with van der Waals surface area (Å²) in [6.45, 7) is 4.97.